The van der Waals surface area contributed by atoms with E-state index in [1.54, 1.807) is 36.4 Å². The molecule has 0 fully saturated rings. The van der Waals surface area contributed by atoms with Crippen molar-refractivity contribution in [3.8, 4) is 16.9 Å². The van der Waals surface area contributed by atoms with Crippen LogP contribution in [0.1, 0.15) is 12.8 Å². The SMILES string of the molecule is O=S(=O)(O)CCCCOc1ccccc1-c1ccc(S(=O)(=O)O)cc1.[Na]. The average molecular weight is 409 g/mol. The molecular weight excluding hydrogens is 391 g/mol. The van der Waals surface area contributed by atoms with Gasteiger partial charge in [-0.15, -0.1) is 0 Å². The van der Waals surface area contributed by atoms with Crippen molar-refractivity contribution in [1.29, 1.82) is 0 Å². The fraction of sp³-hybridized carbons (Fsp3) is 0.250. The molecule has 0 aliphatic rings. The van der Waals surface area contributed by atoms with Gasteiger partial charge in [-0.1, -0.05) is 30.3 Å². The summed E-state index contributed by atoms with van der Waals surface area (Å²) in [7, 11) is -8.21. The van der Waals surface area contributed by atoms with Gasteiger partial charge < -0.3 is 4.74 Å². The molecule has 0 heterocycles. The summed E-state index contributed by atoms with van der Waals surface area (Å²) < 4.78 is 66.8. The fourth-order valence-corrected chi connectivity index (χ4v) is 3.26. The normalized spacial score (nSPS) is 11.6. The average Bonchev–Trinajstić information content (AvgIpc) is 2.53. The van der Waals surface area contributed by atoms with Crippen LogP contribution in [0.25, 0.3) is 11.1 Å². The molecule has 2 aromatic carbocycles. The number of para-hydroxylation sites is 1. The number of rotatable bonds is 8. The van der Waals surface area contributed by atoms with Crippen LogP contribution in [0.3, 0.4) is 0 Å². The summed E-state index contributed by atoms with van der Waals surface area (Å²) >= 11 is 0. The van der Waals surface area contributed by atoms with E-state index in [0.29, 0.717) is 17.7 Å². The van der Waals surface area contributed by atoms with E-state index < -0.39 is 20.2 Å². The molecule has 0 atom stereocenters. The molecule has 2 aromatic rings. The minimum atomic E-state index is -4.25. The second kappa shape index (κ2) is 9.84. The summed E-state index contributed by atoms with van der Waals surface area (Å²) in [4.78, 5) is -0.195. The summed E-state index contributed by atoms with van der Waals surface area (Å²) in [6.07, 6.45) is 0.736. The van der Waals surface area contributed by atoms with Crippen LogP contribution in [-0.4, -0.2) is 67.9 Å². The number of unbranched alkanes of at least 4 members (excludes halogenated alkanes) is 1. The molecule has 10 heteroatoms. The van der Waals surface area contributed by atoms with Crippen LogP contribution >= 0.6 is 0 Å². The zero-order valence-corrected chi connectivity index (χ0v) is 17.8. The summed E-state index contributed by atoms with van der Waals surface area (Å²) in [5.41, 5.74) is 1.44. The zero-order chi connectivity index (χ0) is 18.5. The Kier molecular flexibility index (Phi) is 8.74. The van der Waals surface area contributed by atoms with E-state index in [-0.39, 0.29) is 53.2 Å². The summed E-state index contributed by atoms with van der Waals surface area (Å²) in [6, 6.07) is 12.8. The molecule has 0 saturated heterocycles. The zero-order valence-electron chi connectivity index (χ0n) is 14.2. The maximum Gasteiger partial charge on any atom is 0.294 e. The van der Waals surface area contributed by atoms with Crippen molar-refractivity contribution >= 4 is 49.8 Å². The van der Waals surface area contributed by atoms with Gasteiger partial charge in [0.15, 0.2) is 0 Å². The molecule has 7 nitrogen and oxygen atoms in total. The standard InChI is InChI=1S/C16H18O7S2.Na/c17-24(18,19)12-4-3-11-23-16-6-2-1-5-15(16)13-7-9-14(10-8-13)25(20,21)22;/h1-2,5-10H,3-4,11-12H2,(H,17,18,19)(H,20,21,22);. The van der Waals surface area contributed by atoms with Crippen LogP contribution in [-0.2, 0) is 20.2 Å². The predicted octanol–water partition coefficient (Wildman–Crippen LogP) is 2.27. The maximum absolute atomic E-state index is 11.1. The van der Waals surface area contributed by atoms with Gasteiger partial charge in [-0.05, 0) is 36.6 Å². The van der Waals surface area contributed by atoms with E-state index >= 15 is 0 Å². The molecule has 0 aliphatic heterocycles. The van der Waals surface area contributed by atoms with Gasteiger partial charge in [0.05, 0.1) is 17.3 Å². The van der Waals surface area contributed by atoms with Crippen LogP contribution in [0.15, 0.2) is 53.4 Å². The van der Waals surface area contributed by atoms with E-state index in [9.17, 15) is 16.8 Å². The minimum Gasteiger partial charge on any atom is -0.493 e. The van der Waals surface area contributed by atoms with Gasteiger partial charge in [-0.25, -0.2) is 0 Å². The Morgan fingerprint density at radius 3 is 2.04 bits per heavy atom. The molecule has 26 heavy (non-hydrogen) atoms. The van der Waals surface area contributed by atoms with Gasteiger partial charge in [0.25, 0.3) is 20.2 Å². The van der Waals surface area contributed by atoms with E-state index in [1.807, 2.05) is 0 Å². The minimum absolute atomic E-state index is 0. The molecule has 2 N–H and O–H groups in total. The molecule has 0 bridgehead atoms. The molecule has 1 radical (unpaired) electrons. The van der Waals surface area contributed by atoms with Crippen molar-refractivity contribution in [3.05, 3.63) is 48.5 Å². The topological polar surface area (TPSA) is 118 Å². The Hall–Kier alpha value is -0.940. The first-order valence-electron chi connectivity index (χ1n) is 7.42. The van der Waals surface area contributed by atoms with Gasteiger partial charge in [-0.2, -0.15) is 16.8 Å². The van der Waals surface area contributed by atoms with Crippen molar-refractivity contribution in [1.82, 2.24) is 0 Å². The Bertz CT molecular complexity index is 923. The molecule has 137 valence electrons. The smallest absolute Gasteiger partial charge is 0.294 e. The molecule has 0 spiro atoms. The number of benzene rings is 2. The van der Waals surface area contributed by atoms with Gasteiger partial charge in [-0.3, -0.25) is 9.11 Å². The van der Waals surface area contributed by atoms with Crippen molar-refractivity contribution in [2.24, 2.45) is 0 Å². The third kappa shape index (κ3) is 7.36. The van der Waals surface area contributed by atoms with E-state index in [1.165, 1.54) is 12.1 Å². The molecular formula is C16H18NaO7S2. The van der Waals surface area contributed by atoms with Gasteiger partial charge in [0.2, 0.25) is 0 Å². The molecule has 0 saturated carbocycles. The summed E-state index contributed by atoms with van der Waals surface area (Å²) in [6.45, 7) is 0.273. The van der Waals surface area contributed by atoms with Crippen LogP contribution in [0.2, 0.25) is 0 Å². The van der Waals surface area contributed by atoms with Gasteiger partial charge in [0, 0.05) is 35.1 Å². The van der Waals surface area contributed by atoms with Gasteiger partial charge in [0.1, 0.15) is 5.75 Å². The van der Waals surface area contributed by atoms with E-state index in [4.69, 9.17) is 13.8 Å². The summed E-state index contributed by atoms with van der Waals surface area (Å²) in [5.74, 6) is 0.253. The Labute approximate surface area is 175 Å². The van der Waals surface area contributed by atoms with Gasteiger partial charge >= 0.3 is 0 Å². The van der Waals surface area contributed by atoms with Crippen molar-refractivity contribution < 1.29 is 30.7 Å². The third-order valence-corrected chi connectivity index (χ3v) is 5.08. The molecule has 0 aliphatic carbocycles. The van der Waals surface area contributed by atoms with Crippen molar-refractivity contribution in [3.63, 3.8) is 0 Å². The largest absolute Gasteiger partial charge is 0.493 e. The Morgan fingerprint density at radius 2 is 1.46 bits per heavy atom. The monoisotopic (exact) mass is 409 g/mol. The van der Waals surface area contributed by atoms with Crippen LogP contribution < -0.4 is 4.74 Å². The molecule has 2 rings (SSSR count). The Morgan fingerprint density at radius 1 is 0.846 bits per heavy atom. The molecule has 0 amide bonds. The van der Waals surface area contributed by atoms with Crippen LogP contribution in [0.4, 0.5) is 0 Å². The first-order chi connectivity index (χ1) is 11.7. The van der Waals surface area contributed by atoms with Crippen LogP contribution in [0, 0.1) is 0 Å². The molecule has 0 aromatic heterocycles. The maximum atomic E-state index is 11.1. The number of ether oxygens (including phenoxy) is 1. The first kappa shape index (κ1) is 23.1. The van der Waals surface area contributed by atoms with Crippen LogP contribution in [0.5, 0.6) is 5.75 Å². The summed E-state index contributed by atoms with van der Waals surface area (Å²) in [5, 5.41) is 0. The molecule has 0 unspecified atom stereocenters. The van der Waals surface area contributed by atoms with E-state index in [0.717, 1.165) is 5.56 Å². The fourth-order valence-electron chi connectivity index (χ4n) is 2.21. The first-order valence-corrected chi connectivity index (χ1v) is 10.5. The number of hydrogen-bond acceptors (Lipinski definition) is 5. The Balaban J connectivity index is 0.00000338. The second-order valence-corrected chi connectivity index (χ2v) is 8.33. The third-order valence-electron chi connectivity index (χ3n) is 3.40. The van der Waals surface area contributed by atoms with E-state index in [2.05, 4.69) is 0 Å². The van der Waals surface area contributed by atoms with Crippen molar-refractivity contribution in [2.75, 3.05) is 12.4 Å². The predicted molar refractivity (Wildman–Crippen MR) is 98.6 cm³/mol. The second-order valence-electron chi connectivity index (χ2n) is 5.34. The quantitative estimate of drug-likeness (QED) is 0.390. The van der Waals surface area contributed by atoms with Crippen molar-refractivity contribution in [2.45, 2.75) is 17.7 Å². The number of hydrogen-bond donors (Lipinski definition) is 2.